The predicted molar refractivity (Wildman–Crippen MR) is 94.8 cm³/mol. The summed E-state index contributed by atoms with van der Waals surface area (Å²) in [4.78, 5) is 0. The van der Waals surface area contributed by atoms with Crippen molar-refractivity contribution >= 4 is 8.32 Å². The molecular formula is C18H29N2OSi+. The van der Waals surface area contributed by atoms with Gasteiger partial charge in [0.25, 0.3) is 5.82 Å². The van der Waals surface area contributed by atoms with E-state index in [0.717, 1.165) is 5.75 Å². The molecule has 2 rings (SSSR count). The molecule has 0 N–H and O–H groups in total. The van der Waals surface area contributed by atoms with Crippen LogP contribution in [0.25, 0.3) is 11.4 Å². The summed E-state index contributed by atoms with van der Waals surface area (Å²) in [6.45, 7) is 15.5. The average molecular weight is 318 g/mol. The van der Waals surface area contributed by atoms with E-state index < -0.39 is 8.32 Å². The Balaban J connectivity index is 2.41. The lowest BCUT2D eigenvalue weighted by Gasteiger charge is -2.19. The summed E-state index contributed by atoms with van der Waals surface area (Å²) in [6, 6.07) is 9.40. The zero-order chi connectivity index (χ0) is 16.5. The van der Waals surface area contributed by atoms with Crippen LogP contribution in [0.2, 0.25) is 19.6 Å². The van der Waals surface area contributed by atoms with Crippen LogP contribution in [-0.4, -0.2) is 12.9 Å². The average Bonchev–Trinajstić information content (AvgIpc) is 2.82. The Bertz CT molecular complexity index is 596. The summed E-state index contributed by atoms with van der Waals surface area (Å²) in [5.41, 5.74) is 1.23. The van der Waals surface area contributed by atoms with Crippen molar-refractivity contribution in [3.8, 4) is 17.1 Å². The Hall–Kier alpha value is -1.55. The molecule has 0 amide bonds. The van der Waals surface area contributed by atoms with Crippen molar-refractivity contribution in [3.05, 3.63) is 36.7 Å². The second-order valence-corrected chi connectivity index (χ2v) is 11.8. The highest BCUT2D eigenvalue weighted by atomic mass is 28.4. The van der Waals surface area contributed by atoms with E-state index in [2.05, 4.69) is 93.1 Å². The van der Waals surface area contributed by atoms with E-state index in [1.54, 1.807) is 0 Å². The molecule has 1 aromatic carbocycles. The summed E-state index contributed by atoms with van der Waals surface area (Å²) in [6.07, 6.45) is 4.35. The molecule has 0 aliphatic rings. The summed E-state index contributed by atoms with van der Waals surface area (Å²) in [7, 11) is -1.55. The van der Waals surface area contributed by atoms with Crippen molar-refractivity contribution in [3.63, 3.8) is 0 Å². The first-order chi connectivity index (χ1) is 10.2. The van der Waals surface area contributed by atoms with Gasteiger partial charge in [-0.25, -0.2) is 9.13 Å². The number of hydrogen-bond acceptors (Lipinski definition) is 1. The fourth-order valence-corrected chi connectivity index (χ4v) is 3.42. The maximum atomic E-state index is 6.05. The van der Waals surface area contributed by atoms with Gasteiger partial charge in [0.1, 0.15) is 18.1 Å². The van der Waals surface area contributed by atoms with E-state index >= 15 is 0 Å². The Labute approximate surface area is 135 Å². The van der Waals surface area contributed by atoms with Crippen molar-refractivity contribution < 1.29 is 8.99 Å². The van der Waals surface area contributed by atoms with Gasteiger partial charge >= 0.3 is 0 Å². The minimum Gasteiger partial charge on any atom is -0.544 e. The molecule has 3 nitrogen and oxygen atoms in total. The van der Waals surface area contributed by atoms with E-state index in [1.165, 1.54) is 11.4 Å². The molecule has 0 bridgehead atoms. The smallest absolute Gasteiger partial charge is 0.289 e. The highest BCUT2D eigenvalue weighted by Gasteiger charge is 2.23. The molecule has 0 aliphatic heterocycles. The molecule has 0 fully saturated rings. The first-order valence-corrected chi connectivity index (χ1v) is 11.5. The van der Waals surface area contributed by atoms with Crippen LogP contribution in [0.1, 0.15) is 39.8 Å². The quantitative estimate of drug-likeness (QED) is 0.571. The Morgan fingerprint density at radius 2 is 1.59 bits per heavy atom. The van der Waals surface area contributed by atoms with Crippen LogP contribution in [0, 0.1) is 0 Å². The highest BCUT2D eigenvalue weighted by molar-refractivity contribution is 6.70. The van der Waals surface area contributed by atoms with Crippen molar-refractivity contribution in [2.24, 2.45) is 0 Å². The number of imidazole rings is 1. The summed E-state index contributed by atoms with van der Waals surface area (Å²) in [5.74, 6) is 2.23. The van der Waals surface area contributed by atoms with Crippen molar-refractivity contribution in [2.75, 3.05) is 0 Å². The van der Waals surface area contributed by atoms with Gasteiger partial charge in [-0.15, -0.1) is 0 Å². The van der Waals surface area contributed by atoms with Gasteiger partial charge in [-0.1, -0.05) is 0 Å². The minimum absolute atomic E-state index is 0.438. The van der Waals surface area contributed by atoms with E-state index in [0.29, 0.717) is 12.1 Å². The molecule has 22 heavy (non-hydrogen) atoms. The third-order valence-electron chi connectivity index (χ3n) is 3.53. The van der Waals surface area contributed by atoms with Crippen LogP contribution in [-0.2, 0) is 0 Å². The highest BCUT2D eigenvalue weighted by Crippen LogP contribution is 2.25. The van der Waals surface area contributed by atoms with Gasteiger partial charge in [0.15, 0.2) is 0 Å². The van der Waals surface area contributed by atoms with Gasteiger partial charge in [-0.3, -0.25) is 0 Å². The van der Waals surface area contributed by atoms with Crippen LogP contribution in [0.15, 0.2) is 36.7 Å². The van der Waals surface area contributed by atoms with Crippen molar-refractivity contribution in [2.45, 2.75) is 59.4 Å². The normalized spacial score (nSPS) is 12.2. The topological polar surface area (TPSA) is 18.0 Å². The Morgan fingerprint density at radius 3 is 2.05 bits per heavy atom. The van der Waals surface area contributed by atoms with Crippen LogP contribution < -0.4 is 8.99 Å². The lowest BCUT2D eigenvalue weighted by atomic mass is 10.2. The molecule has 2 aromatic rings. The number of rotatable bonds is 5. The van der Waals surface area contributed by atoms with Gasteiger partial charge in [0, 0.05) is 0 Å². The molecule has 1 aromatic heterocycles. The van der Waals surface area contributed by atoms with E-state index in [9.17, 15) is 0 Å². The SMILES string of the molecule is CC(C)n1cc[n+](C(C)C)c1-c1ccc(O[Si](C)(C)C)cc1. The van der Waals surface area contributed by atoms with Crippen molar-refractivity contribution in [1.82, 2.24) is 4.57 Å². The number of aromatic nitrogens is 2. The molecule has 0 radical (unpaired) electrons. The standard InChI is InChI=1S/C18H29N2OSi/c1-14(2)19-12-13-20(15(3)4)18(19)16-8-10-17(11-9-16)21-22(5,6)7/h8-15H,1-7H3/q+1. The third kappa shape index (κ3) is 3.80. The molecule has 0 aliphatic carbocycles. The second kappa shape index (κ2) is 6.29. The predicted octanol–water partition coefficient (Wildman–Crippen LogP) is 4.82. The second-order valence-electron chi connectivity index (χ2n) is 7.36. The minimum atomic E-state index is -1.55. The summed E-state index contributed by atoms with van der Waals surface area (Å²) < 4.78 is 10.7. The molecule has 120 valence electrons. The van der Waals surface area contributed by atoms with Gasteiger partial charge in [-0.05, 0) is 71.6 Å². The lowest BCUT2D eigenvalue weighted by molar-refractivity contribution is -0.705. The molecule has 1 heterocycles. The van der Waals surface area contributed by atoms with E-state index in [-0.39, 0.29) is 0 Å². The van der Waals surface area contributed by atoms with Crippen LogP contribution in [0.4, 0.5) is 0 Å². The zero-order valence-corrected chi connectivity index (χ0v) is 15.9. The number of hydrogen-bond donors (Lipinski definition) is 0. The first kappa shape index (κ1) is 16.8. The summed E-state index contributed by atoms with van der Waals surface area (Å²) >= 11 is 0. The number of benzene rings is 1. The van der Waals surface area contributed by atoms with Gasteiger partial charge in [0.2, 0.25) is 8.32 Å². The Kier molecular flexibility index (Phi) is 4.80. The Morgan fingerprint density at radius 1 is 1.00 bits per heavy atom. The molecular weight excluding hydrogens is 288 g/mol. The van der Waals surface area contributed by atoms with E-state index in [1.807, 2.05) is 0 Å². The van der Waals surface area contributed by atoms with Crippen LogP contribution >= 0.6 is 0 Å². The molecule has 0 saturated carbocycles. The zero-order valence-electron chi connectivity index (χ0n) is 14.9. The van der Waals surface area contributed by atoms with Gasteiger partial charge in [0.05, 0.1) is 17.6 Å². The van der Waals surface area contributed by atoms with Crippen molar-refractivity contribution in [1.29, 1.82) is 0 Å². The summed E-state index contributed by atoms with van der Waals surface area (Å²) in [5, 5.41) is 0. The van der Waals surface area contributed by atoms with Gasteiger partial charge in [-0.2, -0.15) is 0 Å². The fourth-order valence-electron chi connectivity index (χ4n) is 2.58. The molecule has 4 heteroatoms. The largest absolute Gasteiger partial charge is 0.544 e. The van der Waals surface area contributed by atoms with E-state index in [4.69, 9.17) is 4.43 Å². The molecule has 0 atom stereocenters. The molecule has 0 spiro atoms. The number of nitrogens with zero attached hydrogens (tertiary/aromatic N) is 2. The van der Waals surface area contributed by atoms with Gasteiger partial charge < -0.3 is 4.43 Å². The third-order valence-corrected chi connectivity index (χ3v) is 4.37. The van der Waals surface area contributed by atoms with Crippen LogP contribution in [0.3, 0.4) is 0 Å². The monoisotopic (exact) mass is 317 g/mol. The maximum absolute atomic E-state index is 6.05. The first-order valence-electron chi connectivity index (χ1n) is 8.10. The fraction of sp³-hybridized carbons (Fsp3) is 0.500. The molecule has 0 saturated heterocycles. The maximum Gasteiger partial charge on any atom is 0.289 e. The molecule has 0 unspecified atom stereocenters. The lowest BCUT2D eigenvalue weighted by Crippen LogP contribution is -2.37. The van der Waals surface area contributed by atoms with Crippen LogP contribution in [0.5, 0.6) is 5.75 Å².